The lowest BCUT2D eigenvalue weighted by molar-refractivity contribution is -0.138. The lowest BCUT2D eigenvalue weighted by atomic mass is 10.2. The van der Waals surface area contributed by atoms with Gasteiger partial charge in [0, 0.05) is 31.7 Å². The van der Waals surface area contributed by atoms with Crippen molar-refractivity contribution in [1.82, 2.24) is 15.0 Å². The molecule has 40 heavy (non-hydrogen) atoms. The van der Waals surface area contributed by atoms with Gasteiger partial charge in [-0.1, -0.05) is 34.8 Å². The predicted molar refractivity (Wildman–Crippen MR) is 129 cm³/mol. The van der Waals surface area contributed by atoms with E-state index in [0.717, 1.165) is 0 Å². The summed E-state index contributed by atoms with van der Waals surface area (Å²) in [6, 6.07) is 1.92. The van der Waals surface area contributed by atoms with Crippen molar-refractivity contribution in [3.8, 4) is 5.88 Å². The quantitative estimate of drug-likeness (QED) is 0.240. The molecule has 0 amide bonds. The van der Waals surface area contributed by atoms with Crippen LogP contribution in [0.15, 0.2) is 36.8 Å². The van der Waals surface area contributed by atoms with Crippen molar-refractivity contribution in [1.29, 1.82) is 0 Å². The van der Waals surface area contributed by atoms with Crippen LogP contribution in [0, 0.1) is 0 Å². The number of nitrogens with zero attached hydrogens (tertiary/aromatic N) is 4. The van der Waals surface area contributed by atoms with Gasteiger partial charge >= 0.3 is 18.5 Å². The molecule has 3 aromatic heterocycles. The van der Waals surface area contributed by atoms with Gasteiger partial charge in [0.05, 0.1) is 33.3 Å². The highest BCUT2D eigenvalue weighted by molar-refractivity contribution is 6.33. The highest BCUT2D eigenvalue weighted by Gasteiger charge is 2.33. The molecule has 0 bridgehead atoms. The van der Waals surface area contributed by atoms with Crippen LogP contribution in [0.1, 0.15) is 16.7 Å². The minimum Gasteiger partial charge on any atom is -0.475 e. The molecule has 0 aromatic carbocycles. The third-order valence-electron chi connectivity index (χ3n) is 5.03. The fraction of sp³-hybridized carbons (Fsp3) is 0.318. The van der Waals surface area contributed by atoms with Crippen LogP contribution in [-0.4, -0.2) is 41.2 Å². The van der Waals surface area contributed by atoms with E-state index in [2.05, 4.69) is 20.3 Å². The number of hydrogen-bond donors (Lipinski definition) is 1. The first-order valence-electron chi connectivity index (χ1n) is 10.8. The Morgan fingerprint density at radius 1 is 0.675 bits per heavy atom. The lowest BCUT2D eigenvalue weighted by Crippen LogP contribution is -2.34. The van der Waals surface area contributed by atoms with Crippen molar-refractivity contribution in [2.75, 3.05) is 36.5 Å². The van der Waals surface area contributed by atoms with Gasteiger partial charge in [-0.25, -0.2) is 15.0 Å². The number of pyridine rings is 3. The van der Waals surface area contributed by atoms with Crippen LogP contribution in [0.3, 0.4) is 0 Å². The van der Waals surface area contributed by atoms with Crippen molar-refractivity contribution < 1.29 is 44.3 Å². The molecule has 0 fully saturated rings. The molecule has 0 unspecified atom stereocenters. The maximum absolute atomic E-state index is 13.0. The van der Waals surface area contributed by atoms with Crippen LogP contribution in [0.25, 0.3) is 0 Å². The second-order valence-electron chi connectivity index (χ2n) is 7.85. The second kappa shape index (κ2) is 12.3. The highest BCUT2D eigenvalue weighted by atomic mass is 35.5. The van der Waals surface area contributed by atoms with E-state index in [1.54, 1.807) is 0 Å². The fourth-order valence-electron chi connectivity index (χ4n) is 3.11. The molecule has 0 aliphatic carbocycles. The van der Waals surface area contributed by atoms with Gasteiger partial charge in [-0.05, 0) is 18.2 Å². The third-order valence-corrected chi connectivity index (χ3v) is 5.86. The number of rotatable bonds is 9. The molecule has 6 nitrogen and oxygen atoms in total. The minimum atomic E-state index is -4.72. The maximum atomic E-state index is 13.0. The van der Waals surface area contributed by atoms with Crippen LogP contribution in [0.2, 0.25) is 15.1 Å². The molecule has 0 aliphatic heterocycles. The Bertz CT molecular complexity index is 1270. The van der Waals surface area contributed by atoms with Gasteiger partial charge in [-0.15, -0.1) is 0 Å². The molecule has 3 aromatic rings. The van der Waals surface area contributed by atoms with Crippen molar-refractivity contribution in [3.05, 3.63) is 68.5 Å². The Balaban J connectivity index is 1.75. The first-order chi connectivity index (χ1) is 18.5. The first kappa shape index (κ1) is 31.6. The zero-order valence-electron chi connectivity index (χ0n) is 19.5. The van der Waals surface area contributed by atoms with Crippen LogP contribution in [0.4, 0.5) is 51.1 Å². The van der Waals surface area contributed by atoms with E-state index in [1.807, 2.05) is 0 Å². The summed E-state index contributed by atoms with van der Waals surface area (Å²) < 4.78 is 121. The van der Waals surface area contributed by atoms with E-state index in [-0.39, 0.29) is 53.8 Å². The molecule has 218 valence electrons. The van der Waals surface area contributed by atoms with E-state index in [4.69, 9.17) is 39.5 Å². The normalized spacial score (nSPS) is 12.4. The predicted octanol–water partition coefficient (Wildman–Crippen LogP) is 7.89. The van der Waals surface area contributed by atoms with Crippen molar-refractivity contribution in [2.24, 2.45) is 0 Å². The molecule has 18 heteroatoms. The van der Waals surface area contributed by atoms with Gasteiger partial charge in [0.1, 0.15) is 23.3 Å². The summed E-state index contributed by atoms with van der Waals surface area (Å²) in [7, 11) is 0. The Morgan fingerprint density at radius 3 is 1.68 bits per heavy atom. The number of alkyl halides is 9. The SMILES string of the molecule is FC(F)(F)c1cnc(NCCN(CCOc2ncc(C(F)(F)F)cc2Cl)c2ncc(C(F)(F)F)cc2Cl)c(Cl)c1. The Kier molecular flexibility index (Phi) is 9.73. The molecule has 0 saturated carbocycles. The topological polar surface area (TPSA) is 63.2 Å². The second-order valence-corrected chi connectivity index (χ2v) is 9.07. The Hall–Kier alpha value is -2.91. The zero-order chi connectivity index (χ0) is 29.9. The van der Waals surface area contributed by atoms with Gasteiger partial charge in [0.15, 0.2) is 0 Å². The van der Waals surface area contributed by atoms with Crippen molar-refractivity contribution in [2.45, 2.75) is 18.5 Å². The van der Waals surface area contributed by atoms with Gasteiger partial charge in [0.25, 0.3) is 0 Å². The molecule has 1 N–H and O–H groups in total. The number of ether oxygens (including phenoxy) is 1. The smallest absolute Gasteiger partial charge is 0.417 e. The van der Waals surface area contributed by atoms with Gasteiger partial charge in [-0.2, -0.15) is 39.5 Å². The highest BCUT2D eigenvalue weighted by Crippen LogP contribution is 2.35. The van der Waals surface area contributed by atoms with Gasteiger partial charge in [0.2, 0.25) is 5.88 Å². The van der Waals surface area contributed by atoms with E-state index in [1.165, 1.54) is 4.90 Å². The molecule has 0 radical (unpaired) electrons. The van der Waals surface area contributed by atoms with E-state index in [9.17, 15) is 39.5 Å². The molecule has 0 spiro atoms. The van der Waals surface area contributed by atoms with Crippen molar-refractivity contribution >= 4 is 46.4 Å². The third kappa shape index (κ3) is 8.30. The molecule has 0 atom stereocenters. The minimum absolute atomic E-state index is 0.0591. The summed E-state index contributed by atoms with van der Waals surface area (Å²) >= 11 is 17.7. The first-order valence-corrected chi connectivity index (χ1v) is 11.9. The Morgan fingerprint density at radius 2 is 1.18 bits per heavy atom. The van der Waals surface area contributed by atoms with E-state index in [0.29, 0.717) is 36.8 Å². The summed E-state index contributed by atoms with van der Waals surface area (Å²) in [6.07, 6.45) is -12.4. The van der Waals surface area contributed by atoms with Crippen LogP contribution in [-0.2, 0) is 18.5 Å². The number of aromatic nitrogens is 3. The van der Waals surface area contributed by atoms with Crippen LogP contribution < -0.4 is 15.0 Å². The number of hydrogen-bond acceptors (Lipinski definition) is 6. The summed E-state index contributed by atoms with van der Waals surface area (Å²) in [6.45, 7) is -0.533. The van der Waals surface area contributed by atoms with Crippen LogP contribution >= 0.6 is 34.8 Å². The fourth-order valence-corrected chi connectivity index (χ4v) is 3.85. The standard InChI is InChI=1S/C22H15Cl3F9N5O/c23-14-5-11(20(26,27)28)8-36-17(14)35-1-2-39(18-15(24)6-12(9-37-18)21(29,30)31)3-4-40-19-16(25)7-13(10-38-19)22(32,33)34/h5-10H,1-4H2,(H,35,36). The molecular formula is C22H15Cl3F9N5O. The average Bonchev–Trinajstić information content (AvgIpc) is 2.83. The Labute approximate surface area is 235 Å². The van der Waals surface area contributed by atoms with Crippen molar-refractivity contribution in [3.63, 3.8) is 0 Å². The molecule has 3 heterocycles. The summed E-state index contributed by atoms with van der Waals surface area (Å²) in [5, 5.41) is 1.55. The van der Waals surface area contributed by atoms with E-state index >= 15 is 0 Å². The van der Waals surface area contributed by atoms with Crippen LogP contribution in [0.5, 0.6) is 5.88 Å². The lowest BCUT2D eigenvalue weighted by Gasteiger charge is -2.25. The zero-order valence-corrected chi connectivity index (χ0v) is 21.8. The summed E-state index contributed by atoms with van der Waals surface area (Å²) in [5.74, 6) is -0.545. The number of halogens is 12. The molecule has 0 aliphatic rings. The maximum Gasteiger partial charge on any atom is 0.417 e. The summed E-state index contributed by atoms with van der Waals surface area (Å²) in [5.41, 5.74) is -3.29. The number of anilines is 2. The van der Waals surface area contributed by atoms with E-state index < -0.39 is 40.2 Å². The van der Waals surface area contributed by atoms with Gasteiger partial charge < -0.3 is 15.0 Å². The molecule has 3 rings (SSSR count). The number of nitrogens with one attached hydrogen (secondary N) is 1. The molecular weight excluding hydrogens is 628 g/mol. The largest absolute Gasteiger partial charge is 0.475 e. The average molecular weight is 643 g/mol. The van der Waals surface area contributed by atoms with Gasteiger partial charge in [-0.3, -0.25) is 0 Å². The molecule has 0 saturated heterocycles. The summed E-state index contributed by atoms with van der Waals surface area (Å²) in [4.78, 5) is 12.3. The monoisotopic (exact) mass is 641 g/mol.